The molecule has 90 valence electrons. The van der Waals surface area contributed by atoms with Crippen LogP contribution in [-0.2, 0) is 6.42 Å². The van der Waals surface area contributed by atoms with Crippen LogP contribution in [0.3, 0.4) is 0 Å². The third kappa shape index (κ3) is 2.89. The fourth-order valence-electron chi connectivity index (χ4n) is 1.55. The van der Waals surface area contributed by atoms with Gasteiger partial charge in [-0.05, 0) is 35.4 Å². The maximum absolute atomic E-state index is 13.6. The quantitative estimate of drug-likeness (QED) is 0.923. The topological polar surface area (TPSA) is 33.4 Å². The van der Waals surface area contributed by atoms with Gasteiger partial charge in [-0.2, -0.15) is 0 Å². The van der Waals surface area contributed by atoms with Crippen LogP contribution in [0.5, 0.6) is 0 Å². The largest absolute Gasteiger partial charge is 0.453 e. The fourth-order valence-corrected chi connectivity index (χ4v) is 2.12. The molecule has 1 aromatic carbocycles. The maximum Gasteiger partial charge on any atom is 0.198 e. The van der Waals surface area contributed by atoms with Gasteiger partial charge in [-0.25, -0.2) is 4.39 Å². The average Bonchev–Trinajstić information content (AvgIpc) is 2.68. The zero-order valence-electron chi connectivity index (χ0n) is 8.66. The van der Waals surface area contributed by atoms with Gasteiger partial charge < -0.3 is 9.52 Å². The van der Waals surface area contributed by atoms with Gasteiger partial charge in [0.1, 0.15) is 5.82 Å². The molecule has 0 radical (unpaired) electrons. The molecule has 1 N–H and O–H groups in total. The zero-order chi connectivity index (χ0) is 12.4. The van der Waals surface area contributed by atoms with E-state index in [9.17, 15) is 9.50 Å². The molecule has 1 unspecified atom stereocenters. The van der Waals surface area contributed by atoms with Crippen molar-refractivity contribution in [1.82, 2.24) is 0 Å². The highest BCUT2D eigenvalue weighted by molar-refractivity contribution is 9.10. The summed E-state index contributed by atoms with van der Waals surface area (Å²) in [6.07, 6.45) is 0.661. The predicted octanol–water partition coefficient (Wildman–Crippen LogP) is 4.11. The number of halogens is 3. The van der Waals surface area contributed by atoms with Gasteiger partial charge in [0.15, 0.2) is 5.22 Å². The van der Waals surface area contributed by atoms with Crippen molar-refractivity contribution in [2.75, 3.05) is 0 Å². The summed E-state index contributed by atoms with van der Waals surface area (Å²) in [5.74, 6) is -0.363. The van der Waals surface area contributed by atoms with Crippen LogP contribution in [0.1, 0.15) is 17.2 Å². The van der Waals surface area contributed by atoms with Crippen molar-refractivity contribution in [2.24, 2.45) is 0 Å². The molecule has 0 bridgehead atoms. The molecule has 2 nitrogen and oxygen atoms in total. The summed E-state index contributed by atoms with van der Waals surface area (Å²) < 4.78 is 19.1. The highest BCUT2D eigenvalue weighted by Gasteiger charge is 2.16. The van der Waals surface area contributed by atoms with Crippen LogP contribution in [0.2, 0.25) is 5.22 Å². The van der Waals surface area contributed by atoms with E-state index in [1.165, 1.54) is 12.3 Å². The monoisotopic (exact) mass is 318 g/mol. The number of furan rings is 1. The number of hydrogen-bond acceptors (Lipinski definition) is 2. The van der Waals surface area contributed by atoms with Crippen molar-refractivity contribution >= 4 is 27.5 Å². The maximum atomic E-state index is 13.6. The Bertz CT molecular complexity index is 527. The fraction of sp³-hybridized carbons (Fsp3) is 0.167. The van der Waals surface area contributed by atoms with Gasteiger partial charge in [0.2, 0.25) is 0 Å². The highest BCUT2D eigenvalue weighted by atomic mass is 79.9. The molecule has 0 saturated carbocycles. The van der Waals surface area contributed by atoms with E-state index in [1.807, 2.05) is 0 Å². The van der Waals surface area contributed by atoms with Gasteiger partial charge in [0, 0.05) is 16.5 Å². The Morgan fingerprint density at radius 3 is 2.76 bits per heavy atom. The highest BCUT2D eigenvalue weighted by Crippen LogP contribution is 2.27. The van der Waals surface area contributed by atoms with E-state index in [-0.39, 0.29) is 17.5 Å². The number of benzene rings is 1. The molecule has 0 aliphatic carbocycles. The number of rotatable bonds is 3. The Morgan fingerprint density at radius 2 is 2.18 bits per heavy atom. The predicted molar refractivity (Wildman–Crippen MR) is 66.5 cm³/mol. The van der Waals surface area contributed by atoms with Crippen LogP contribution >= 0.6 is 27.5 Å². The lowest BCUT2D eigenvalue weighted by atomic mass is 10.0. The SMILES string of the molecule is OC(Cc1ccc(Br)cc1F)c1ccoc1Cl. The van der Waals surface area contributed by atoms with Crippen LogP contribution in [0.4, 0.5) is 4.39 Å². The lowest BCUT2D eigenvalue weighted by molar-refractivity contribution is 0.176. The van der Waals surface area contributed by atoms with Gasteiger partial charge >= 0.3 is 0 Å². The molecule has 5 heteroatoms. The van der Waals surface area contributed by atoms with E-state index in [0.29, 0.717) is 15.6 Å². The first-order valence-corrected chi connectivity index (χ1v) is 6.10. The smallest absolute Gasteiger partial charge is 0.198 e. The van der Waals surface area contributed by atoms with E-state index in [0.717, 1.165) is 0 Å². The van der Waals surface area contributed by atoms with Crippen LogP contribution in [0.15, 0.2) is 39.4 Å². The second-order valence-corrected chi connectivity index (χ2v) is 4.86. The van der Waals surface area contributed by atoms with Crippen LogP contribution in [0.25, 0.3) is 0 Å². The van der Waals surface area contributed by atoms with Crippen molar-refractivity contribution in [1.29, 1.82) is 0 Å². The number of aliphatic hydroxyl groups is 1. The Kier molecular flexibility index (Phi) is 3.86. The summed E-state index contributed by atoms with van der Waals surface area (Å²) >= 11 is 8.91. The Morgan fingerprint density at radius 1 is 1.41 bits per heavy atom. The summed E-state index contributed by atoms with van der Waals surface area (Å²) in [6, 6.07) is 6.28. The molecule has 2 rings (SSSR count). The molecular formula is C12H9BrClFO2. The zero-order valence-corrected chi connectivity index (χ0v) is 11.0. The van der Waals surface area contributed by atoms with Crippen molar-refractivity contribution in [2.45, 2.75) is 12.5 Å². The van der Waals surface area contributed by atoms with Crippen LogP contribution < -0.4 is 0 Å². The summed E-state index contributed by atoms with van der Waals surface area (Å²) in [5, 5.41) is 10.0. The van der Waals surface area contributed by atoms with Crippen molar-refractivity contribution in [3.05, 3.63) is 57.2 Å². The molecule has 0 fully saturated rings. The van der Waals surface area contributed by atoms with Crippen LogP contribution in [0, 0.1) is 5.82 Å². The summed E-state index contributed by atoms with van der Waals surface area (Å²) in [7, 11) is 0. The molecule has 0 spiro atoms. The number of hydrogen-bond donors (Lipinski definition) is 1. The minimum atomic E-state index is -0.878. The minimum absolute atomic E-state index is 0.134. The molecule has 0 saturated heterocycles. The Labute approximate surface area is 111 Å². The second-order valence-electron chi connectivity index (χ2n) is 3.61. The van der Waals surface area contributed by atoms with E-state index in [1.54, 1.807) is 18.2 Å². The van der Waals surface area contributed by atoms with Crippen molar-refractivity contribution < 1.29 is 13.9 Å². The molecule has 0 amide bonds. The van der Waals surface area contributed by atoms with Crippen molar-refractivity contribution in [3.63, 3.8) is 0 Å². The van der Waals surface area contributed by atoms with Gasteiger partial charge in [-0.15, -0.1) is 0 Å². The lowest BCUT2D eigenvalue weighted by Gasteiger charge is -2.10. The molecule has 0 aliphatic heterocycles. The normalized spacial score (nSPS) is 12.7. The summed E-state index contributed by atoms with van der Waals surface area (Å²) in [5.41, 5.74) is 0.895. The first kappa shape index (κ1) is 12.6. The van der Waals surface area contributed by atoms with Gasteiger partial charge in [0.25, 0.3) is 0 Å². The number of aliphatic hydroxyl groups excluding tert-OH is 1. The molecule has 1 heterocycles. The van der Waals surface area contributed by atoms with E-state index < -0.39 is 6.10 Å². The molecule has 1 atom stereocenters. The second kappa shape index (κ2) is 5.21. The van der Waals surface area contributed by atoms with Gasteiger partial charge in [0.05, 0.1) is 12.4 Å². The first-order valence-electron chi connectivity index (χ1n) is 4.93. The third-order valence-corrected chi connectivity index (χ3v) is 3.23. The van der Waals surface area contributed by atoms with Crippen molar-refractivity contribution in [3.8, 4) is 0 Å². The first-order chi connectivity index (χ1) is 8.08. The van der Waals surface area contributed by atoms with Crippen LogP contribution in [-0.4, -0.2) is 5.11 Å². The van der Waals surface area contributed by atoms with E-state index >= 15 is 0 Å². The lowest BCUT2D eigenvalue weighted by Crippen LogP contribution is -2.03. The summed E-state index contributed by atoms with van der Waals surface area (Å²) in [4.78, 5) is 0. The molecule has 1 aromatic heterocycles. The molecule has 0 aliphatic rings. The van der Waals surface area contributed by atoms with E-state index in [4.69, 9.17) is 16.0 Å². The molecule has 17 heavy (non-hydrogen) atoms. The minimum Gasteiger partial charge on any atom is -0.453 e. The Hall–Kier alpha value is -0.840. The van der Waals surface area contributed by atoms with Gasteiger partial charge in [-0.1, -0.05) is 22.0 Å². The molecular weight excluding hydrogens is 310 g/mol. The van der Waals surface area contributed by atoms with Gasteiger partial charge in [-0.3, -0.25) is 0 Å². The average molecular weight is 320 g/mol. The third-order valence-electron chi connectivity index (χ3n) is 2.43. The summed E-state index contributed by atoms with van der Waals surface area (Å²) in [6.45, 7) is 0. The standard InChI is InChI=1S/C12H9BrClFO2/c13-8-2-1-7(10(15)6-8)5-11(16)9-3-4-17-12(9)14/h1-4,6,11,16H,5H2. The van der Waals surface area contributed by atoms with E-state index in [2.05, 4.69) is 15.9 Å². The molecule has 2 aromatic rings. The Balaban J connectivity index is 2.19.